The third kappa shape index (κ3) is 3.24. The van der Waals surface area contributed by atoms with Gasteiger partial charge in [0.15, 0.2) is 5.75 Å². The van der Waals surface area contributed by atoms with E-state index < -0.39 is 0 Å². The van der Waals surface area contributed by atoms with Crippen LogP contribution in [0.2, 0.25) is 5.02 Å². The highest BCUT2D eigenvalue weighted by molar-refractivity contribution is 6.32. The number of para-hydroxylation sites is 1. The van der Waals surface area contributed by atoms with Gasteiger partial charge in [-0.1, -0.05) is 23.7 Å². The van der Waals surface area contributed by atoms with E-state index in [-0.39, 0.29) is 24.0 Å². The molecule has 1 aromatic heterocycles. The number of pyridine rings is 1. The molecule has 2 aromatic rings. The molecule has 1 aliphatic heterocycles. The molecule has 120 valence electrons. The Hall–Kier alpha value is -2.27. The number of ether oxygens (including phenoxy) is 1. The van der Waals surface area contributed by atoms with Gasteiger partial charge in [-0.05, 0) is 25.1 Å². The number of fused-ring (bicyclic) bond motifs is 1. The van der Waals surface area contributed by atoms with Crippen molar-refractivity contribution in [3.8, 4) is 5.75 Å². The Morgan fingerprint density at radius 1 is 1.30 bits per heavy atom. The molecular formula is C17H17ClN2O3. The lowest BCUT2D eigenvalue weighted by Crippen LogP contribution is -2.42. The number of rotatable bonds is 3. The van der Waals surface area contributed by atoms with Gasteiger partial charge in [0.05, 0.1) is 17.3 Å². The topological polar surface area (TPSA) is 51.5 Å². The number of aryl methyl sites for hydroxylation is 1. The number of carbonyl (C=O) groups excluding carboxylic acids is 1. The SMILES string of the molecule is C[C@@H]1CN(C(=O)CCn2ccccc2=O)c2cccc(Cl)c2O1. The van der Waals surface area contributed by atoms with Crippen molar-refractivity contribution in [3.05, 3.63) is 58.0 Å². The first kappa shape index (κ1) is 15.6. The Kier molecular flexibility index (Phi) is 4.39. The van der Waals surface area contributed by atoms with E-state index in [0.29, 0.717) is 29.5 Å². The molecule has 1 atom stereocenters. The lowest BCUT2D eigenvalue weighted by Gasteiger charge is -2.34. The van der Waals surface area contributed by atoms with Crippen molar-refractivity contribution < 1.29 is 9.53 Å². The molecule has 1 amide bonds. The van der Waals surface area contributed by atoms with E-state index >= 15 is 0 Å². The zero-order chi connectivity index (χ0) is 16.4. The van der Waals surface area contributed by atoms with Gasteiger partial charge in [0, 0.05) is 25.2 Å². The molecule has 2 heterocycles. The minimum Gasteiger partial charge on any atom is -0.485 e. The van der Waals surface area contributed by atoms with Crippen molar-refractivity contribution in [2.24, 2.45) is 0 Å². The quantitative estimate of drug-likeness (QED) is 0.868. The molecule has 6 heteroatoms. The second kappa shape index (κ2) is 6.46. The van der Waals surface area contributed by atoms with Crippen LogP contribution in [0, 0.1) is 0 Å². The second-order valence-corrected chi connectivity index (χ2v) is 5.91. The van der Waals surface area contributed by atoms with Crippen LogP contribution in [0.3, 0.4) is 0 Å². The highest BCUT2D eigenvalue weighted by Gasteiger charge is 2.28. The van der Waals surface area contributed by atoms with Crippen molar-refractivity contribution in [2.45, 2.75) is 26.0 Å². The van der Waals surface area contributed by atoms with Crippen LogP contribution >= 0.6 is 11.6 Å². The molecule has 0 fully saturated rings. The molecule has 1 aromatic carbocycles. The molecule has 0 aliphatic carbocycles. The summed E-state index contributed by atoms with van der Waals surface area (Å²) in [5.41, 5.74) is 0.570. The number of carbonyl (C=O) groups is 1. The molecule has 23 heavy (non-hydrogen) atoms. The molecule has 0 saturated heterocycles. The number of nitrogens with zero attached hydrogens (tertiary/aromatic N) is 2. The molecule has 0 unspecified atom stereocenters. The first-order valence-electron chi connectivity index (χ1n) is 7.47. The van der Waals surface area contributed by atoms with Crippen molar-refractivity contribution in [2.75, 3.05) is 11.4 Å². The first-order chi connectivity index (χ1) is 11.1. The highest BCUT2D eigenvalue weighted by atomic mass is 35.5. The number of aromatic nitrogens is 1. The lowest BCUT2D eigenvalue weighted by molar-refractivity contribution is -0.119. The predicted octanol–water partition coefficient (Wildman–Crippen LogP) is 2.71. The average molecular weight is 333 g/mol. The summed E-state index contributed by atoms with van der Waals surface area (Å²) in [7, 11) is 0. The summed E-state index contributed by atoms with van der Waals surface area (Å²) in [4.78, 5) is 26.0. The van der Waals surface area contributed by atoms with E-state index in [1.54, 1.807) is 35.4 Å². The van der Waals surface area contributed by atoms with Crippen LogP contribution in [0.4, 0.5) is 5.69 Å². The van der Waals surface area contributed by atoms with Gasteiger partial charge in [0.1, 0.15) is 6.10 Å². The molecule has 0 bridgehead atoms. The van der Waals surface area contributed by atoms with E-state index in [2.05, 4.69) is 0 Å². The zero-order valence-electron chi connectivity index (χ0n) is 12.7. The molecular weight excluding hydrogens is 316 g/mol. The molecule has 0 radical (unpaired) electrons. The van der Waals surface area contributed by atoms with Crippen LogP contribution in [-0.4, -0.2) is 23.1 Å². The smallest absolute Gasteiger partial charge is 0.250 e. The zero-order valence-corrected chi connectivity index (χ0v) is 13.5. The van der Waals surface area contributed by atoms with Crippen molar-refractivity contribution in [3.63, 3.8) is 0 Å². The van der Waals surface area contributed by atoms with Crippen molar-refractivity contribution in [1.82, 2.24) is 4.57 Å². The number of hydrogen-bond donors (Lipinski definition) is 0. The van der Waals surface area contributed by atoms with Gasteiger partial charge in [-0.2, -0.15) is 0 Å². The fourth-order valence-corrected chi connectivity index (χ4v) is 2.87. The average Bonchev–Trinajstić information content (AvgIpc) is 2.54. The largest absolute Gasteiger partial charge is 0.485 e. The summed E-state index contributed by atoms with van der Waals surface area (Å²) < 4.78 is 7.27. The van der Waals surface area contributed by atoms with Gasteiger partial charge in [0.2, 0.25) is 5.91 Å². The number of amides is 1. The molecule has 0 saturated carbocycles. The Labute approximate surface area is 139 Å². The van der Waals surface area contributed by atoms with E-state index in [4.69, 9.17) is 16.3 Å². The van der Waals surface area contributed by atoms with Crippen molar-refractivity contribution >= 4 is 23.2 Å². The summed E-state index contributed by atoms with van der Waals surface area (Å²) in [6.45, 7) is 2.71. The molecule has 0 spiro atoms. The standard InChI is InChI=1S/C17H17ClN2O3/c1-12-11-20(14-6-4-5-13(18)17(14)23-12)16(22)8-10-19-9-3-2-7-15(19)21/h2-7,9,12H,8,10-11H2,1H3/t12-/m1/s1. The normalized spacial score (nSPS) is 16.6. The van der Waals surface area contributed by atoms with Crippen LogP contribution in [0.25, 0.3) is 0 Å². The maximum Gasteiger partial charge on any atom is 0.250 e. The van der Waals surface area contributed by atoms with Crippen molar-refractivity contribution in [1.29, 1.82) is 0 Å². The Morgan fingerprint density at radius 3 is 2.91 bits per heavy atom. The van der Waals surface area contributed by atoms with Gasteiger partial charge in [-0.3, -0.25) is 9.59 Å². The van der Waals surface area contributed by atoms with Gasteiger partial charge >= 0.3 is 0 Å². The van der Waals surface area contributed by atoms with Gasteiger partial charge in [-0.15, -0.1) is 0 Å². The monoisotopic (exact) mass is 332 g/mol. The van der Waals surface area contributed by atoms with Gasteiger partial charge in [-0.25, -0.2) is 0 Å². The van der Waals surface area contributed by atoms with E-state index in [1.807, 2.05) is 13.0 Å². The first-order valence-corrected chi connectivity index (χ1v) is 7.85. The minimum absolute atomic E-state index is 0.0561. The third-order valence-electron chi connectivity index (χ3n) is 3.76. The molecule has 3 rings (SSSR count). The molecule has 0 N–H and O–H groups in total. The fraction of sp³-hybridized carbons (Fsp3) is 0.294. The Bertz CT molecular complexity index is 787. The Balaban J connectivity index is 1.79. The summed E-state index contributed by atoms with van der Waals surface area (Å²) in [5.74, 6) is 0.484. The summed E-state index contributed by atoms with van der Waals surface area (Å²) in [5, 5.41) is 0.492. The van der Waals surface area contributed by atoms with Crippen LogP contribution < -0.4 is 15.2 Å². The predicted molar refractivity (Wildman–Crippen MR) is 89.2 cm³/mol. The summed E-state index contributed by atoms with van der Waals surface area (Å²) in [6, 6.07) is 10.3. The van der Waals surface area contributed by atoms with Crippen LogP contribution in [0.5, 0.6) is 5.75 Å². The van der Waals surface area contributed by atoms with Crippen LogP contribution in [-0.2, 0) is 11.3 Å². The number of anilines is 1. The molecule has 5 nitrogen and oxygen atoms in total. The van der Waals surface area contributed by atoms with E-state index in [1.165, 1.54) is 10.6 Å². The summed E-state index contributed by atoms with van der Waals surface area (Å²) >= 11 is 6.16. The summed E-state index contributed by atoms with van der Waals surface area (Å²) in [6.07, 6.45) is 1.79. The lowest BCUT2D eigenvalue weighted by atomic mass is 10.2. The maximum atomic E-state index is 12.6. The second-order valence-electron chi connectivity index (χ2n) is 5.50. The van der Waals surface area contributed by atoms with Crippen LogP contribution in [0.1, 0.15) is 13.3 Å². The minimum atomic E-state index is -0.134. The third-order valence-corrected chi connectivity index (χ3v) is 4.06. The van der Waals surface area contributed by atoms with E-state index in [9.17, 15) is 9.59 Å². The van der Waals surface area contributed by atoms with Crippen LogP contribution in [0.15, 0.2) is 47.4 Å². The number of hydrogen-bond acceptors (Lipinski definition) is 3. The highest BCUT2D eigenvalue weighted by Crippen LogP contribution is 2.39. The number of benzene rings is 1. The van der Waals surface area contributed by atoms with Gasteiger partial charge < -0.3 is 14.2 Å². The van der Waals surface area contributed by atoms with E-state index in [0.717, 1.165) is 0 Å². The fourth-order valence-electron chi connectivity index (χ4n) is 2.65. The Morgan fingerprint density at radius 2 is 2.13 bits per heavy atom. The number of halogens is 1. The van der Waals surface area contributed by atoms with Gasteiger partial charge in [0.25, 0.3) is 5.56 Å². The molecule has 1 aliphatic rings. The maximum absolute atomic E-state index is 12.6.